The SMILES string of the molecule is CC(C)Cc1cccc(C(=O)NCS(=O)(=O)O)c1. The van der Waals surface area contributed by atoms with Crippen molar-refractivity contribution in [2.45, 2.75) is 20.3 Å². The number of benzene rings is 1. The predicted molar refractivity (Wildman–Crippen MR) is 68.9 cm³/mol. The van der Waals surface area contributed by atoms with Gasteiger partial charge in [-0.05, 0) is 30.0 Å². The van der Waals surface area contributed by atoms with Crippen molar-refractivity contribution in [1.82, 2.24) is 5.32 Å². The van der Waals surface area contributed by atoms with Gasteiger partial charge in [0, 0.05) is 5.56 Å². The molecule has 1 aromatic rings. The van der Waals surface area contributed by atoms with Crippen LogP contribution in [0.15, 0.2) is 24.3 Å². The van der Waals surface area contributed by atoms with E-state index in [9.17, 15) is 13.2 Å². The van der Waals surface area contributed by atoms with Gasteiger partial charge in [-0.25, -0.2) is 0 Å². The molecule has 0 radical (unpaired) electrons. The summed E-state index contributed by atoms with van der Waals surface area (Å²) in [5.41, 5.74) is 1.40. The molecule has 0 fully saturated rings. The molecule has 18 heavy (non-hydrogen) atoms. The number of rotatable bonds is 5. The summed E-state index contributed by atoms with van der Waals surface area (Å²) in [5, 5.41) is 2.14. The van der Waals surface area contributed by atoms with Crippen molar-refractivity contribution >= 4 is 16.0 Å². The van der Waals surface area contributed by atoms with E-state index < -0.39 is 21.9 Å². The van der Waals surface area contributed by atoms with Gasteiger partial charge in [0.1, 0.15) is 5.88 Å². The highest BCUT2D eigenvalue weighted by Gasteiger charge is 2.10. The van der Waals surface area contributed by atoms with Crippen LogP contribution in [-0.4, -0.2) is 24.8 Å². The highest BCUT2D eigenvalue weighted by atomic mass is 32.2. The minimum atomic E-state index is -4.19. The molecule has 0 unspecified atom stereocenters. The second-order valence-corrected chi connectivity index (χ2v) is 5.98. The lowest BCUT2D eigenvalue weighted by molar-refractivity contribution is 0.0959. The smallest absolute Gasteiger partial charge is 0.283 e. The van der Waals surface area contributed by atoms with E-state index in [1.54, 1.807) is 18.2 Å². The molecule has 1 amide bonds. The molecule has 0 spiro atoms. The molecule has 100 valence electrons. The molecular formula is C12H17NO4S. The molecule has 0 bridgehead atoms. The normalized spacial score (nSPS) is 11.6. The summed E-state index contributed by atoms with van der Waals surface area (Å²) in [6.07, 6.45) is 0.847. The number of hydrogen-bond donors (Lipinski definition) is 2. The van der Waals surface area contributed by atoms with Crippen LogP contribution in [0, 0.1) is 5.92 Å². The molecular weight excluding hydrogens is 254 g/mol. The molecule has 0 aliphatic carbocycles. The summed E-state index contributed by atoms with van der Waals surface area (Å²) in [6, 6.07) is 6.99. The van der Waals surface area contributed by atoms with Crippen LogP contribution in [-0.2, 0) is 16.5 Å². The summed E-state index contributed by atoms with van der Waals surface area (Å²) < 4.78 is 29.6. The first-order valence-corrected chi connectivity index (χ1v) is 7.21. The lowest BCUT2D eigenvalue weighted by Gasteiger charge is -2.07. The Labute approximate surface area is 107 Å². The molecule has 0 aromatic heterocycles. The van der Waals surface area contributed by atoms with Crippen molar-refractivity contribution in [3.05, 3.63) is 35.4 Å². The summed E-state index contributed by atoms with van der Waals surface area (Å²) in [4.78, 5) is 11.6. The van der Waals surface area contributed by atoms with Crippen molar-refractivity contribution in [3.63, 3.8) is 0 Å². The lowest BCUT2D eigenvalue weighted by atomic mass is 10.0. The molecule has 0 aliphatic rings. The van der Waals surface area contributed by atoms with Gasteiger partial charge in [-0.2, -0.15) is 8.42 Å². The molecule has 0 aliphatic heterocycles. The average molecular weight is 271 g/mol. The Morgan fingerprint density at radius 1 is 1.39 bits per heavy atom. The van der Waals surface area contributed by atoms with Gasteiger partial charge in [-0.3, -0.25) is 9.35 Å². The van der Waals surface area contributed by atoms with E-state index in [1.165, 1.54) is 0 Å². The van der Waals surface area contributed by atoms with Crippen molar-refractivity contribution < 1.29 is 17.8 Å². The van der Waals surface area contributed by atoms with E-state index >= 15 is 0 Å². The van der Waals surface area contributed by atoms with Crippen molar-refractivity contribution in [2.24, 2.45) is 5.92 Å². The minimum Gasteiger partial charge on any atom is -0.336 e. The zero-order valence-electron chi connectivity index (χ0n) is 10.4. The van der Waals surface area contributed by atoms with E-state index in [0.29, 0.717) is 11.5 Å². The van der Waals surface area contributed by atoms with Crippen molar-refractivity contribution in [2.75, 3.05) is 5.88 Å². The number of carbonyl (C=O) groups is 1. The number of hydrogen-bond acceptors (Lipinski definition) is 3. The van der Waals surface area contributed by atoms with Gasteiger partial charge in [-0.1, -0.05) is 26.0 Å². The maximum Gasteiger partial charge on any atom is 0.283 e. The fourth-order valence-electron chi connectivity index (χ4n) is 1.57. The molecule has 2 N–H and O–H groups in total. The molecule has 0 saturated heterocycles. The Morgan fingerprint density at radius 3 is 2.61 bits per heavy atom. The lowest BCUT2D eigenvalue weighted by Crippen LogP contribution is -2.29. The molecule has 6 heteroatoms. The highest BCUT2D eigenvalue weighted by Crippen LogP contribution is 2.10. The van der Waals surface area contributed by atoms with Gasteiger partial charge in [0.2, 0.25) is 0 Å². The van der Waals surface area contributed by atoms with Gasteiger partial charge in [0.05, 0.1) is 0 Å². The van der Waals surface area contributed by atoms with Crippen LogP contribution in [0.2, 0.25) is 0 Å². The van der Waals surface area contributed by atoms with E-state index in [1.807, 2.05) is 6.07 Å². The Kier molecular flexibility index (Phi) is 4.86. The predicted octanol–water partition coefficient (Wildman–Crippen LogP) is 1.46. The third kappa shape index (κ3) is 5.29. The number of amides is 1. The quantitative estimate of drug-likeness (QED) is 0.794. The van der Waals surface area contributed by atoms with Crippen LogP contribution in [0.3, 0.4) is 0 Å². The second kappa shape index (κ2) is 5.97. The van der Waals surface area contributed by atoms with Crippen LogP contribution in [0.1, 0.15) is 29.8 Å². The van der Waals surface area contributed by atoms with E-state index in [0.717, 1.165) is 12.0 Å². The van der Waals surface area contributed by atoms with Crippen LogP contribution in [0.4, 0.5) is 0 Å². The topological polar surface area (TPSA) is 83.5 Å². The average Bonchev–Trinajstić information content (AvgIpc) is 2.24. The van der Waals surface area contributed by atoms with Crippen LogP contribution < -0.4 is 5.32 Å². The standard InChI is InChI=1S/C12H17NO4S/c1-9(2)6-10-4-3-5-11(7-10)12(14)13-8-18(15,16)17/h3-5,7,9H,6,8H2,1-2H3,(H,13,14)(H,15,16,17). The fourth-order valence-corrected chi connectivity index (χ4v) is 1.88. The van der Waals surface area contributed by atoms with Gasteiger partial charge in [-0.15, -0.1) is 0 Å². The molecule has 0 atom stereocenters. The zero-order chi connectivity index (χ0) is 13.8. The summed E-state index contributed by atoms with van der Waals surface area (Å²) >= 11 is 0. The van der Waals surface area contributed by atoms with E-state index in [2.05, 4.69) is 19.2 Å². The van der Waals surface area contributed by atoms with Gasteiger partial charge >= 0.3 is 0 Å². The first-order chi connectivity index (χ1) is 8.28. The van der Waals surface area contributed by atoms with Crippen molar-refractivity contribution in [1.29, 1.82) is 0 Å². The van der Waals surface area contributed by atoms with Crippen LogP contribution in [0.5, 0.6) is 0 Å². The Balaban J connectivity index is 2.74. The largest absolute Gasteiger partial charge is 0.336 e. The number of nitrogens with one attached hydrogen (secondary N) is 1. The summed E-state index contributed by atoms with van der Waals surface area (Å²) in [5.74, 6) is -0.820. The maximum atomic E-state index is 11.6. The molecule has 0 heterocycles. The Morgan fingerprint density at radius 2 is 2.06 bits per heavy atom. The summed E-state index contributed by atoms with van der Waals surface area (Å²) in [6.45, 7) is 4.15. The van der Waals surface area contributed by atoms with Crippen LogP contribution >= 0.6 is 0 Å². The Hall–Kier alpha value is -1.40. The molecule has 5 nitrogen and oxygen atoms in total. The van der Waals surface area contributed by atoms with Crippen molar-refractivity contribution in [3.8, 4) is 0 Å². The maximum absolute atomic E-state index is 11.6. The molecule has 0 saturated carbocycles. The monoisotopic (exact) mass is 271 g/mol. The summed E-state index contributed by atoms with van der Waals surface area (Å²) in [7, 11) is -4.19. The van der Waals surface area contributed by atoms with Gasteiger partial charge in [0.15, 0.2) is 0 Å². The second-order valence-electron chi connectivity index (χ2n) is 4.53. The minimum absolute atomic E-state index is 0.386. The van der Waals surface area contributed by atoms with Crippen LogP contribution in [0.25, 0.3) is 0 Å². The third-order valence-electron chi connectivity index (χ3n) is 2.25. The van der Waals surface area contributed by atoms with E-state index in [-0.39, 0.29) is 0 Å². The first-order valence-electron chi connectivity index (χ1n) is 5.60. The van der Waals surface area contributed by atoms with E-state index in [4.69, 9.17) is 4.55 Å². The molecule has 1 aromatic carbocycles. The van der Waals surface area contributed by atoms with Gasteiger partial charge in [0.25, 0.3) is 16.0 Å². The zero-order valence-corrected chi connectivity index (χ0v) is 11.2. The molecule has 1 rings (SSSR count). The first kappa shape index (κ1) is 14.7. The fraction of sp³-hybridized carbons (Fsp3) is 0.417. The highest BCUT2D eigenvalue weighted by molar-refractivity contribution is 7.85. The Bertz CT molecular complexity index is 523. The van der Waals surface area contributed by atoms with Gasteiger partial charge < -0.3 is 5.32 Å². The third-order valence-corrected chi connectivity index (χ3v) is 2.76. The number of carbonyl (C=O) groups excluding carboxylic acids is 1.